The average molecular weight is 401 g/mol. The van der Waals surface area contributed by atoms with Gasteiger partial charge in [0.1, 0.15) is 6.04 Å². The Balaban J connectivity index is 1.90. The summed E-state index contributed by atoms with van der Waals surface area (Å²) >= 11 is 1.29. The van der Waals surface area contributed by atoms with E-state index in [2.05, 4.69) is 0 Å². The summed E-state index contributed by atoms with van der Waals surface area (Å²) in [4.78, 5) is 27.5. The van der Waals surface area contributed by atoms with E-state index in [0.29, 0.717) is 4.88 Å². The van der Waals surface area contributed by atoms with Gasteiger partial charge in [0.2, 0.25) is 5.78 Å². The number of aliphatic hydroxyl groups is 1. The van der Waals surface area contributed by atoms with Crippen LogP contribution in [-0.2, 0) is 4.79 Å². The van der Waals surface area contributed by atoms with E-state index in [1.165, 1.54) is 35.8 Å². The summed E-state index contributed by atoms with van der Waals surface area (Å²) in [7, 11) is 0. The highest BCUT2D eigenvalue weighted by Crippen LogP contribution is 2.44. The number of halogens is 2. The van der Waals surface area contributed by atoms with E-state index in [1.54, 1.807) is 18.4 Å². The molecule has 1 amide bonds. The van der Waals surface area contributed by atoms with Crippen molar-refractivity contribution < 1.29 is 27.9 Å². The Morgan fingerprint density at radius 2 is 2.00 bits per heavy atom. The third-order valence-electron chi connectivity index (χ3n) is 4.53. The number of rotatable bonds is 4. The van der Waals surface area contributed by atoms with Crippen molar-refractivity contribution in [3.05, 3.63) is 87.2 Å². The number of Topliss-reactive ketones (excluding diaryl/α,β-unsaturated/α-hetero) is 1. The van der Waals surface area contributed by atoms with Crippen LogP contribution in [0.1, 0.15) is 27.0 Å². The maximum atomic E-state index is 13.8. The molecule has 5 nitrogen and oxygen atoms in total. The van der Waals surface area contributed by atoms with Crippen molar-refractivity contribution in [2.24, 2.45) is 0 Å². The summed E-state index contributed by atoms with van der Waals surface area (Å²) in [6, 6.07) is 6.72. The Morgan fingerprint density at radius 1 is 1.21 bits per heavy atom. The van der Waals surface area contributed by atoms with Crippen molar-refractivity contribution in [3.8, 4) is 0 Å². The number of hydrogen-bond donors (Lipinski definition) is 1. The molecule has 0 radical (unpaired) electrons. The Hall–Kier alpha value is -3.26. The first-order chi connectivity index (χ1) is 13.4. The number of anilines is 1. The monoisotopic (exact) mass is 401 g/mol. The first-order valence-electron chi connectivity index (χ1n) is 8.24. The van der Waals surface area contributed by atoms with Crippen molar-refractivity contribution in [2.75, 3.05) is 4.90 Å². The molecule has 1 N–H and O–H groups in total. The Morgan fingerprint density at radius 3 is 2.61 bits per heavy atom. The van der Waals surface area contributed by atoms with E-state index >= 15 is 0 Å². The SMILES string of the molecule is Cc1ccsc1C1C(C(=O)c2ccco2)=C(O)C(=O)N1c1ccc(F)c(F)c1. The van der Waals surface area contributed by atoms with Crippen LogP contribution >= 0.6 is 11.3 Å². The second kappa shape index (κ2) is 6.72. The highest BCUT2D eigenvalue weighted by Gasteiger charge is 2.46. The van der Waals surface area contributed by atoms with Gasteiger partial charge in [-0.05, 0) is 48.2 Å². The number of aryl methyl sites for hydroxylation is 1. The molecule has 0 saturated carbocycles. The van der Waals surface area contributed by atoms with E-state index in [0.717, 1.165) is 22.6 Å². The molecule has 1 atom stereocenters. The number of hydrogen-bond acceptors (Lipinski definition) is 5. The highest BCUT2D eigenvalue weighted by molar-refractivity contribution is 7.10. The molecule has 142 valence electrons. The van der Waals surface area contributed by atoms with Gasteiger partial charge in [0.25, 0.3) is 5.91 Å². The van der Waals surface area contributed by atoms with Crippen LogP contribution in [0.25, 0.3) is 0 Å². The first-order valence-corrected chi connectivity index (χ1v) is 9.12. The largest absolute Gasteiger partial charge is 0.503 e. The molecule has 1 aromatic carbocycles. The van der Waals surface area contributed by atoms with Crippen LogP contribution in [0.2, 0.25) is 0 Å². The predicted molar refractivity (Wildman–Crippen MR) is 98.3 cm³/mol. The van der Waals surface area contributed by atoms with Gasteiger partial charge in [0, 0.05) is 16.6 Å². The molecule has 0 bridgehead atoms. The van der Waals surface area contributed by atoms with Crippen LogP contribution in [0, 0.1) is 18.6 Å². The van der Waals surface area contributed by atoms with Gasteiger partial charge in [0.15, 0.2) is 23.2 Å². The molecule has 3 aromatic rings. The molecule has 2 aromatic heterocycles. The molecular weight excluding hydrogens is 388 g/mol. The molecule has 4 rings (SSSR count). The number of amides is 1. The number of furan rings is 1. The molecule has 28 heavy (non-hydrogen) atoms. The average Bonchev–Trinajstić information content (AvgIpc) is 3.39. The van der Waals surface area contributed by atoms with E-state index in [4.69, 9.17) is 4.42 Å². The van der Waals surface area contributed by atoms with Gasteiger partial charge in [0.05, 0.1) is 11.8 Å². The van der Waals surface area contributed by atoms with Gasteiger partial charge in [-0.2, -0.15) is 0 Å². The van der Waals surface area contributed by atoms with Gasteiger partial charge < -0.3 is 9.52 Å². The number of thiophene rings is 1. The van der Waals surface area contributed by atoms with E-state index < -0.39 is 35.1 Å². The highest BCUT2D eigenvalue weighted by atomic mass is 32.1. The summed E-state index contributed by atoms with van der Waals surface area (Å²) in [5.41, 5.74) is 0.639. The van der Waals surface area contributed by atoms with Gasteiger partial charge >= 0.3 is 0 Å². The molecule has 0 fully saturated rings. The second-order valence-electron chi connectivity index (χ2n) is 6.21. The van der Waals surface area contributed by atoms with Gasteiger partial charge in [-0.25, -0.2) is 8.78 Å². The lowest BCUT2D eigenvalue weighted by atomic mass is 9.98. The maximum Gasteiger partial charge on any atom is 0.294 e. The first kappa shape index (κ1) is 18.1. The van der Waals surface area contributed by atoms with Crippen LogP contribution in [0.4, 0.5) is 14.5 Å². The maximum absolute atomic E-state index is 13.8. The Bertz CT molecular complexity index is 1120. The molecule has 0 saturated heterocycles. The lowest BCUT2D eigenvalue weighted by Crippen LogP contribution is -2.31. The molecular formula is C20H13F2NO4S. The molecule has 1 unspecified atom stereocenters. The molecule has 0 aliphatic carbocycles. The van der Waals surface area contributed by atoms with Crippen molar-refractivity contribution >= 4 is 28.7 Å². The van der Waals surface area contributed by atoms with Gasteiger partial charge in [-0.1, -0.05) is 0 Å². The molecule has 3 heterocycles. The minimum atomic E-state index is -1.14. The number of carbonyl (C=O) groups is 2. The number of ketones is 1. The van der Waals surface area contributed by atoms with Crippen LogP contribution in [0.5, 0.6) is 0 Å². The second-order valence-corrected chi connectivity index (χ2v) is 7.16. The summed E-state index contributed by atoms with van der Waals surface area (Å²) in [5.74, 6) is -4.53. The summed E-state index contributed by atoms with van der Waals surface area (Å²) in [6.45, 7) is 1.80. The minimum absolute atomic E-state index is 0.0236. The molecule has 8 heteroatoms. The third kappa shape index (κ3) is 2.73. The van der Waals surface area contributed by atoms with Gasteiger partial charge in [-0.15, -0.1) is 11.3 Å². The standard InChI is InChI=1S/C20H13F2NO4S/c1-10-6-8-28-19(10)16-15(17(24)14-3-2-7-27-14)18(25)20(26)23(16)11-4-5-12(21)13(22)9-11/h2-9,16,25H,1H3. The predicted octanol–water partition coefficient (Wildman–Crippen LogP) is 4.71. The summed E-state index contributed by atoms with van der Waals surface area (Å²) in [6.07, 6.45) is 1.31. The normalized spacial score (nSPS) is 16.9. The number of carbonyl (C=O) groups excluding carboxylic acids is 2. The fourth-order valence-electron chi connectivity index (χ4n) is 3.19. The fourth-order valence-corrected chi connectivity index (χ4v) is 4.22. The fraction of sp³-hybridized carbons (Fsp3) is 0.100. The zero-order chi connectivity index (χ0) is 20.0. The van der Waals surface area contributed by atoms with Crippen LogP contribution in [0.3, 0.4) is 0 Å². The summed E-state index contributed by atoms with van der Waals surface area (Å²) in [5, 5.41) is 12.3. The van der Waals surface area contributed by atoms with E-state index in [-0.39, 0.29) is 17.0 Å². The summed E-state index contributed by atoms with van der Waals surface area (Å²) < 4.78 is 32.3. The number of benzene rings is 1. The quantitative estimate of drug-likeness (QED) is 0.643. The van der Waals surface area contributed by atoms with Crippen molar-refractivity contribution in [1.29, 1.82) is 0 Å². The van der Waals surface area contributed by atoms with Crippen LogP contribution < -0.4 is 4.90 Å². The van der Waals surface area contributed by atoms with Gasteiger partial charge in [-0.3, -0.25) is 14.5 Å². The third-order valence-corrected chi connectivity index (χ3v) is 5.60. The minimum Gasteiger partial charge on any atom is -0.503 e. The van der Waals surface area contributed by atoms with Crippen molar-refractivity contribution in [3.63, 3.8) is 0 Å². The van der Waals surface area contributed by atoms with E-state index in [9.17, 15) is 23.5 Å². The van der Waals surface area contributed by atoms with Crippen LogP contribution in [0.15, 0.2) is 63.8 Å². The molecule has 1 aliphatic rings. The van der Waals surface area contributed by atoms with Crippen molar-refractivity contribution in [2.45, 2.75) is 13.0 Å². The topological polar surface area (TPSA) is 70.7 Å². The lowest BCUT2D eigenvalue weighted by Gasteiger charge is -2.26. The Kier molecular flexibility index (Phi) is 4.35. The lowest BCUT2D eigenvalue weighted by molar-refractivity contribution is -0.117. The smallest absolute Gasteiger partial charge is 0.294 e. The number of nitrogens with zero attached hydrogens (tertiary/aromatic N) is 1. The van der Waals surface area contributed by atoms with E-state index in [1.807, 2.05) is 0 Å². The molecule has 0 spiro atoms. The Labute approximate surface area is 162 Å². The van der Waals surface area contributed by atoms with Crippen molar-refractivity contribution in [1.82, 2.24) is 0 Å². The zero-order valence-corrected chi connectivity index (χ0v) is 15.3. The van der Waals surface area contributed by atoms with Crippen LogP contribution in [-0.4, -0.2) is 16.8 Å². The zero-order valence-electron chi connectivity index (χ0n) is 14.5. The number of aliphatic hydroxyl groups excluding tert-OH is 1. The molecule has 1 aliphatic heterocycles.